The zero-order chi connectivity index (χ0) is 18.1. The molecule has 0 radical (unpaired) electrons. The molecule has 2 atom stereocenters. The molecule has 4 rings (SSSR count). The molecule has 1 aromatic heterocycles. The lowest BCUT2D eigenvalue weighted by Crippen LogP contribution is -2.07. The molecular weight excluding hydrogens is 326 g/mol. The van der Waals surface area contributed by atoms with Crippen molar-refractivity contribution in [2.75, 3.05) is 7.11 Å². The molecule has 0 aliphatic heterocycles. The van der Waals surface area contributed by atoms with E-state index in [0.29, 0.717) is 12.0 Å². The summed E-state index contributed by atoms with van der Waals surface area (Å²) in [6, 6.07) is 15.4. The number of carbonyl (C=O) groups excluding carboxylic acids is 2. The van der Waals surface area contributed by atoms with Gasteiger partial charge in [-0.2, -0.15) is 0 Å². The second-order valence-electron chi connectivity index (χ2n) is 6.77. The van der Waals surface area contributed by atoms with E-state index in [1.54, 1.807) is 12.3 Å². The minimum atomic E-state index is -0.346. The molecule has 1 aliphatic rings. The summed E-state index contributed by atoms with van der Waals surface area (Å²) in [7, 11) is 1.37. The van der Waals surface area contributed by atoms with Gasteiger partial charge in [-0.05, 0) is 47.1 Å². The van der Waals surface area contributed by atoms with Crippen molar-refractivity contribution < 1.29 is 14.3 Å². The normalized spacial score (nSPS) is 18.5. The maximum Gasteiger partial charge on any atom is 0.337 e. The molecule has 1 heterocycles. The molecule has 0 unspecified atom stereocenters. The van der Waals surface area contributed by atoms with Crippen LogP contribution >= 0.6 is 0 Å². The first-order valence-electron chi connectivity index (χ1n) is 8.69. The molecule has 3 aromatic rings. The Morgan fingerprint density at radius 3 is 2.85 bits per heavy atom. The minimum absolute atomic E-state index is 0.0380. The summed E-state index contributed by atoms with van der Waals surface area (Å²) in [6.45, 7) is 0. The van der Waals surface area contributed by atoms with Gasteiger partial charge in [-0.25, -0.2) is 4.79 Å². The average molecular weight is 345 g/mol. The molecule has 1 aliphatic carbocycles. The highest BCUT2D eigenvalue weighted by atomic mass is 16.5. The molecule has 26 heavy (non-hydrogen) atoms. The maximum atomic E-state index is 12.7. The summed E-state index contributed by atoms with van der Waals surface area (Å²) in [5.41, 5.74) is 2.60. The van der Waals surface area contributed by atoms with Gasteiger partial charge in [0.25, 0.3) is 0 Å². The predicted octanol–water partition coefficient (Wildman–Crippen LogP) is 3.94. The van der Waals surface area contributed by atoms with Crippen LogP contribution < -0.4 is 0 Å². The number of carbonyl (C=O) groups is 2. The number of fused-ring (bicyclic) bond motifs is 1. The molecule has 0 N–H and O–H groups in total. The Labute approximate surface area is 151 Å². The highest BCUT2D eigenvalue weighted by Crippen LogP contribution is 2.48. The summed E-state index contributed by atoms with van der Waals surface area (Å²) in [5, 5.41) is 2.18. The van der Waals surface area contributed by atoms with Crippen LogP contribution in [0.25, 0.3) is 10.8 Å². The van der Waals surface area contributed by atoms with Crippen molar-refractivity contribution in [2.24, 2.45) is 5.92 Å². The summed E-state index contributed by atoms with van der Waals surface area (Å²) < 4.78 is 4.77. The number of Topliss-reactive ketones (excluding diaryl/α,β-unsaturated/α-hetero) is 1. The number of ether oxygens (including phenoxy) is 1. The predicted molar refractivity (Wildman–Crippen MR) is 99.1 cm³/mol. The number of methoxy groups -OCH3 is 1. The van der Waals surface area contributed by atoms with E-state index in [9.17, 15) is 9.59 Å². The summed E-state index contributed by atoms with van der Waals surface area (Å²) in [6.07, 6.45) is 4.88. The number of rotatable bonds is 5. The maximum absolute atomic E-state index is 12.7. The first kappa shape index (κ1) is 16.5. The van der Waals surface area contributed by atoms with E-state index in [4.69, 9.17) is 4.74 Å². The standard InChI is InChI=1S/C22H19NO3/c1-26-22(25)17-4-2-3-16(11-17)19-12-20(19)21(24)10-14-5-6-18-13-23-8-7-15(18)9-14/h2-9,11,13,19-20H,10,12H2,1H3/t19-,20+/m0/s1. The van der Waals surface area contributed by atoms with Crippen molar-refractivity contribution in [1.29, 1.82) is 0 Å². The number of benzene rings is 2. The number of nitrogens with zero attached hydrogens (tertiary/aromatic N) is 1. The van der Waals surface area contributed by atoms with E-state index >= 15 is 0 Å². The monoisotopic (exact) mass is 345 g/mol. The Morgan fingerprint density at radius 1 is 1.12 bits per heavy atom. The van der Waals surface area contributed by atoms with Crippen molar-refractivity contribution >= 4 is 22.5 Å². The number of aromatic nitrogens is 1. The number of hydrogen-bond donors (Lipinski definition) is 0. The van der Waals surface area contributed by atoms with Gasteiger partial charge in [0.15, 0.2) is 0 Å². The molecular formula is C22H19NO3. The molecule has 130 valence electrons. The Balaban J connectivity index is 1.46. The third-order valence-corrected chi connectivity index (χ3v) is 5.02. The van der Waals surface area contributed by atoms with Crippen molar-refractivity contribution in [2.45, 2.75) is 18.8 Å². The molecule has 4 nitrogen and oxygen atoms in total. The van der Waals surface area contributed by atoms with Crippen LogP contribution in [0.2, 0.25) is 0 Å². The molecule has 0 saturated heterocycles. The van der Waals surface area contributed by atoms with Gasteiger partial charge in [0.1, 0.15) is 5.78 Å². The largest absolute Gasteiger partial charge is 0.465 e. The van der Waals surface area contributed by atoms with Gasteiger partial charge < -0.3 is 4.74 Å². The molecule has 4 heteroatoms. The lowest BCUT2D eigenvalue weighted by Gasteiger charge is -2.05. The van der Waals surface area contributed by atoms with E-state index < -0.39 is 0 Å². The third-order valence-electron chi connectivity index (χ3n) is 5.02. The number of hydrogen-bond acceptors (Lipinski definition) is 4. The van der Waals surface area contributed by atoms with Crippen LogP contribution in [0.4, 0.5) is 0 Å². The fourth-order valence-electron chi connectivity index (χ4n) is 3.51. The molecule has 0 spiro atoms. The minimum Gasteiger partial charge on any atom is -0.465 e. The second kappa shape index (κ2) is 6.71. The van der Waals surface area contributed by atoms with Gasteiger partial charge in [0.2, 0.25) is 0 Å². The van der Waals surface area contributed by atoms with E-state index in [2.05, 4.69) is 11.1 Å². The Kier molecular flexibility index (Phi) is 4.25. The number of esters is 1. The zero-order valence-corrected chi connectivity index (χ0v) is 14.5. The van der Waals surface area contributed by atoms with E-state index in [1.165, 1.54) is 7.11 Å². The summed E-state index contributed by atoms with van der Waals surface area (Å²) >= 11 is 0. The van der Waals surface area contributed by atoms with Gasteiger partial charge in [0.05, 0.1) is 12.7 Å². The smallest absolute Gasteiger partial charge is 0.337 e. The van der Waals surface area contributed by atoms with E-state index in [0.717, 1.165) is 28.3 Å². The highest BCUT2D eigenvalue weighted by molar-refractivity contribution is 5.91. The van der Waals surface area contributed by atoms with Gasteiger partial charge in [-0.1, -0.05) is 30.3 Å². The summed E-state index contributed by atoms with van der Waals surface area (Å²) in [4.78, 5) is 28.5. The van der Waals surface area contributed by atoms with Crippen LogP contribution in [0, 0.1) is 5.92 Å². The van der Waals surface area contributed by atoms with Crippen LogP contribution in [-0.4, -0.2) is 23.8 Å². The van der Waals surface area contributed by atoms with Crippen LogP contribution in [-0.2, 0) is 16.0 Å². The first-order valence-corrected chi connectivity index (χ1v) is 8.69. The average Bonchev–Trinajstić information content (AvgIpc) is 3.48. The first-order chi connectivity index (χ1) is 12.7. The van der Waals surface area contributed by atoms with Crippen molar-refractivity contribution in [3.63, 3.8) is 0 Å². The molecule has 2 aromatic carbocycles. The Morgan fingerprint density at radius 2 is 2.00 bits per heavy atom. The van der Waals surface area contributed by atoms with Crippen molar-refractivity contribution in [3.05, 3.63) is 77.6 Å². The van der Waals surface area contributed by atoms with Crippen molar-refractivity contribution in [3.8, 4) is 0 Å². The SMILES string of the molecule is COC(=O)c1cccc([C@@H]2C[C@H]2C(=O)Cc2ccc3cnccc3c2)c1. The topological polar surface area (TPSA) is 56.3 Å². The fourth-order valence-corrected chi connectivity index (χ4v) is 3.51. The van der Waals surface area contributed by atoms with Crippen LogP contribution in [0.15, 0.2) is 60.9 Å². The van der Waals surface area contributed by atoms with Crippen LogP contribution in [0.3, 0.4) is 0 Å². The number of pyridine rings is 1. The van der Waals surface area contributed by atoms with Gasteiger partial charge in [-0.15, -0.1) is 0 Å². The van der Waals surface area contributed by atoms with Crippen LogP contribution in [0.5, 0.6) is 0 Å². The van der Waals surface area contributed by atoms with Gasteiger partial charge in [0, 0.05) is 30.1 Å². The van der Waals surface area contributed by atoms with Crippen LogP contribution in [0.1, 0.15) is 33.8 Å². The molecule has 1 fully saturated rings. The van der Waals surface area contributed by atoms with E-state index in [1.807, 2.05) is 42.6 Å². The second-order valence-corrected chi connectivity index (χ2v) is 6.77. The Bertz CT molecular complexity index is 995. The third kappa shape index (κ3) is 3.23. The van der Waals surface area contributed by atoms with Gasteiger partial charge >= 0.3 is 5.97 Å². The highest BCUT2D eigenvalue weighted by Gasteiger charge is 2.43. The zero-order valence-electron chi connectivity index (χ0n) is 14.5. The Hall–Kier alpha value is -3.01. The van der Waals surface area contributed by atoms with Gasteiger partial charge in [-0.3, -0.25) is 9.78 Å². The molecule has 1 saturated carbocycles. The van der Waals surface area contributed by atoms with Crippen molar-refractivity contribution in [1.82, 2.24) is 4.98 Å². The number of ketones is 1. The fraction of sp³-hybridized carbons (Fsp3) is 0.227. The molecule has 0 bridgehead atoms. The molecule has 0 amide bonds. The van der Waals surface area contributed by atoms with E-state index in [-0.39, 0.29) is 23.6 Å². The lowest BCUT2D eigenvalue weighted by molar-refractivity contribution is -0.119. The lowest BCUT2D eigenvalue weighted by atomic mass is 10.00. The quantitative estimate of drug-likeness (QED) is 0.657. The summed E-state index contributed by atoms with van der Waals surface area (Å²) in [5.74, 6) is 0.153.